The van der Waals surface area contributed by atoms with E-state index in [9.17, 15) is 5.11 Å². The Morgan fingerprint density at radius 3 is 2.60 bits per heavy atom. The normalized spacial score (nSPS) is 15.6. The molecule has 0 saturated heterocycles. The molecule has 0 amide bonds. The van der Waals surface area contributed by atoms with Crippen LogP contribution in [-0.2, 0) is 0 Å². The summed E-state index contributed by atoms with van der Waals surface area (Å²) < 4.78 is 0. The Bertz CT molecular complexity index is 145. The van der Waals surface area contributed by atoms with Gasteiger partial charge in [-0.25, -0.2) is 0 Å². The van der Waals surface area contributed by atoms with Crippen molar-refractivity contribution < 1.29 is 5.11 Å². The maximum absolute atomic E-state index is 9.63. The molecule has 2 atom stereocenters. The average Bonchev–Trinajstić information content (AvgIpc) is 2.14. The van der Waals surface area contributed by atoms with Crippen molar-refractivity contribution in [3.63, 3.8) is 0 Å². The van der Waals surface area contributed by atoms with Crippen LogP contribution >= 0.6 is 11.8 Å². The van der Waals surface area contributed by atoms with Gasteiger partial charge in [-0.2, -0.15) is 11.8 Å². The second-order valence-corrected chi connectivity index (χ2v) is 5.60. The lowest BCUT2D eigenvalue weighted by atomic mass is 10.2. The summed E-state index contributed by atoms with van der Waals surface area (Å²) in [6.07, 6.45) is 0.911. The van der Waals surface area contributed by atoms with Crippen molar-refractivity contribution >= 4 is 11.8 Å². The first kappa shape index (κ1) is 15.2. The van der Waals surface area contributed by atoms with Gasteiger partial charge in [0.2, 0.25) is 0 Å². The van der Waals surface area contributed by atoms with Crippen molar-refractivity contribution in [3.05, 3.63) is 0 Å². The molecule has 0 saturated carbocycles. The van der Waals surface area contributed by atoms with Gasteiger partial charge in [0, 0.05) is 19.1 Å². The molecule has 0 rings (SSSR count). The number of thioether (sulfide) groups is 1. The molecule has 0 heterocycles. The highest BCUT2D eigenvalue weighted by Gasteiger charge is 2.07. The highest BCUT2D eigenvalue weighted by Crippen LogP contribution is 2.03. The second-order valence-electron chi connectivity index (χ2n) is 4.21. The van der Waals surface area contributed by atoms with Crippen LogP contribution < -0.4 is 5.32 Å². The summed E-state index contributed by atoms with van der Waals surface area (Å²) in [6, 6.07) is 0.501. The second kappa shape index (κ2) is 9.46. The van der Waals surface area contributed by atoms with Gasteiger partial charge >= 0.3 is 0 Å². The third-order valence-electron chi connectivity index (χ3n) is 2.18. The number of hydrogen-bond acceptors (Lipinski definition) is 4. The van der Waals surface area contributed by atoms with Crippen LogP contribution in [0.2, 0.25) is 0 Å². The van der Waals surface area contributed by atoms with Crippen LogP contribution in [0.5, 0.6) is 0 Å². The van der Waals surface area contributed by atoms with Gasteiger partial charge in [-0.05, 0) is 38.9 Å². The van der Waals surface area contributed by atoms with Crippen molar-refractivity contribution in [3.8, 4) is 0 Å². The average molecular weight is 234 g/mol. The van der Waals surface area contributed by atoms with E-state index in [1.54, 1.807) is 0 Å². The van der Waals surface area contributed by atoms with E-state index in [0.29, 0.717) is 12.6 Å². The predicted molar refractivity (Wildman–Crippen MR) is 69.6 cm³/mol. The minimum Gasteiger partial charge on any atom is -0.390 e. The molecule has 3 nitrogen and oxygen atoms in total. The predicted octanol–water partition coefficient (Wildman–Crippen LogP) is 1.03. The van der Waals surface area contributed by atoms with Crippen LogP contribution in [0, 0.1) is 0 Å². The van der Waals surface area contributed by atoms with E-state index in [1.165, 1.54) is 17.9 Å². The van der Waals surface area contributed by atoms with Crippen LogP contribution in [0.3, 0.4) is 0 Å². The number of nitrogens with zero attached hydrogens (tertiary/aromatic N) is 1. The Morgan fingerprint density at radius 2 is 2.07 bits per heavy atom. The fourth-order valence-electron chi connectivity index (χ4n) is 1.33. The Morgan fingerprint density at radius 1 is 1.40 bits per heavy atom. The molecule has 2 unspecified atom stereocenters. The van der Waals surface area contributed by atoms with E-state index in [1.807, 2.05) is 30.8 Å². The molecule has 0 radical (unpaired) electrons. The van der Waals surface area contributed by atoms with Crippen molar-refractivity contribution in [2.45, 2.75) is 32.4 Å². The summed E-state index contributed by atoms with van der Waals surface area (Å²) in [7, 11) is 3.95. The number of nitrogens with one attached hydrogen (secondary N) is 1. The van der Waals surface area contributed by atoms with Gasteiger partial charge in [-0.15, -0.1) is 0 Å². The third kappa shape index (κ3) is 10.5. The quantitative estimate of drug-likeness (QED) is 0.584. The van der Waals surface area contributed by atoms with Crippen LogP contribution in [-0.4, -0.2) is 60.8 Å². The Hall–Kier alpha value is 0.230. The summed E-state index contributed by atoms with van der Waals surface area (Å²) in [5.41, 5.74) is 0. The van der Waals surface area contributed by atoms with E-state index in [-0.39, 0.29) is 6.10 Å². The summed E-state index contributed by atoms with van der Waals surface area (Å²) >= 11 is 1.97. The summed E-state index contributed by atoms with van der Waals surface area (Å²) in [4.78, 5) is 2.00. The molecule has 0 bridgehead atoms. The first-order chi connectivity index (χ1) is 7.06. The number of aliphatic hydroxyl groups is 1. The van der Waals surface area contributed by atoms with Gasteiger partial charge in [0.1, 0.15) is 0 Å². The Balaban J connectivity index is 3.39. The van der Waals surface area contributed by atoms with Crippen molar-refractivity contribution in [2.24, 2.45) is 0 Å². The highest BCUT2D eigenvalue weighted by atomic mass is 32.2. The van der Waals surface area contributed by atoms with Gasteiger partial charge in [0.25, 0.3) is 0 Å². The van der Waals surface area contributed by atoms with Gasteiger partial charge in [0.15, 0.2) is 0 Å². The highest BCUT2D eigenvalue weighted by molar-refractivity contribution is 7.99. The third-order valence-corrected chi connectivity index (χ3v) is 3.11. The van der Waals surface area contributed by atoms with Crippen LogP contribution in [0.1, 0.15) is 20.3 Å². The SMILES string of the molecule is CCSCCC(C)NCC(O)CN(C)C. The van der Waals surface area contributed by atoms with Gasteiger partial charge in [-0.3, -0.25) is 0 Å². The summed E-state index contributed by atoms with van der Waals surface area (Å²) in [5, 5.41) is 13.0. The van der Waals surface area contributed by atoms with Crippen molar-refractivity contribution in [2.75, 3.05) is 38.7 Å². The largest absolute Gasteiger partial charge is 0.390 e. The van der Waals surface area contributed by atoms with E-state index < -0.39 is 0 Å². The molecule has 0 aliphatic heterocycles. The molecular formula is C11H26N2OS. The molecule has 0 spiro atoms. The standard InChI is InChI=1S/C11H26N2OS/c1-5-15-7-6-10(2)12-8-11(14)9-13(3)4/h10-12,14H,5-9H2,1-4H3. The molecule has 0 aromatic carbocycles. The van der Waals surface area contributed by atoms with Gasteiger partial charge in [0.05, 0.1) is 6.10 Å². The number of hydrogen-bond donors (Lipinski definition) is 2. The van der Waals surface area contributed by atoms with Crippen LogP contribution in [0.15, 0.2) is 0 Å². The first-order valence-corrected chi connectivity index (χ1v) is 6.85. The van der Waals surface area contributed by atoms with E-state index in [2.05, 4.69) is 19.2 Å². The topological polar surface area (TPSA) is 35.5 Å². The molecular weight excluding hydrogens is 208 g/mol. The van der Waals surface area contributed by atoms with Crippen molar-refractivity contribution in [1.29, 1.82) is 0 Å². The van der Waals surface area contributed by atoms with E-state index in [4.69, 9.17) is 0 Å². The number of aliphatic hydroxyl groups excluding tert-OH is 1. The van der Waals surface area contributed by atoms with Crippen molar-refractivity contribution in [1.82, 2.24) is 10.2 Å². The summed E-state index contributed by atoms with van der Waals surface area (Å²) in [6.45, 7) is 5.78. The molecule has 0 aliphatic carbocycles. The number of likely N-dealkylation sites (N-methyl/N-ethyl adjacent to an activating group) is 1. The molecule has 2 N–H and O–H groups in total. The number of rotatable bonds is 9. The van der Waals surface area contributed by atoms with Crippen LogP contribution in [0.25, 0.3) is 0 Å². The minimum atomic E-state index is -0.263. The summed E-state index contributed by atoms with van der Waals surface area (Å²) in [5.74, 6) is 2.39. The first-order valence-electron chi connectivity index (χ1n) is 5.70. The molecule has 15 heavy (non-hydrogen) atoms. The monoisotopic (exact) mass is 234 g/mol. The maximum Gasteiger partial charge on any atom is 0.0791 e. The zero-order valence-electron chi connectivity index (χ0n) is 10.5. The van der Waals surface area contributed by atoms with Gasteiger partial charge < -0.3 is 15.3 Å². The molecule has 0 fully saturated rings. The lowest BCUT2D eigenvalue weighted by Gasteiger charge is -2.19. The molecule has 0 aromatic rings. The zero-order valence-corrected chi connectivity index (χ0v) is 11.3. The fourth-order valence-corrected chi connectivity index (χ4v) is 2.14. The Labute approximate surface area is 98.6 Å². The molecule has 4 heteroatoms. The molecule has 0 aliphatic rings. The van der Waals surface area contributed by atoms with E-state index >= 15 is 0 Å². The van der Waals surface area contributed by atoms with Gasteiger partial charge in [-0.1, -0.05) is 6.92 Å². The Kier molecular flexibility index (Phi) is 9.60. The van der Waals surface area contributed by atoms with E-state index in [0.717, 1.165) is 6.54 Å². The lowest BCUT2D eigenvalue weighted by molar-refractivity contribution is 0.132. The smallest absolute Gasteiger partial charge is 0.0791 e. The lowest BCUT2D eigenvalue weighted by Crippen LogP contribution is -2.38. The molecule has 92 valence electrons. The van der Waals surface area contributed by atoms with Crippen LogP contribution in [0.4, 0.5) is 0 Å². The zero-order chi connectivity index (χ0) is 11.7. The fraction of sp³-hybridized carbons (Fsp3) is 1.00. The minimum absolute atomic E-state index is 0.263. The molecule has 0 aromatic heterocycles. The maximum atomic E-state index is 9.63.